The highest BCUT2D eigenvalue weighted by molar-refractivity contribution is 5.96. The number of hydrogen-bond acceptors (Lipinski definition) is 7. The van der Waals surface area contributed by atoms with Gasteiger partial charge in [-0.3, -0.25) is 10.2 Å². The average molecular weight is 468 g/mol. The van der Waals surface area contributed by atoms with Gasteiger partial charge in [-0.15, -0.1) is 10.2 Å². The highest BCUT2D eigenvalue weighted by Crippen LogP contribution is 2.30. The number of aryl methyl sites for hydroxylation is 1. The second-order valence-electron chi connectivity index (χ2n) is 9.98. The molecule has 9 heteroatoms. The number of fused-ring (bicyclic) bond motifs is 1. The van der Waals surface area contributed by atoms with Gasteiger partial charge >= 0.3 is 0 Å². The van der Waals surface area contributed by atoms with Crippen molar-refractivity contribution in [1.82, 2.24) is 19.4 Å². The predicted octanol–water partition coefficient (Wildman–Crippen LogP) is 3.05. The minimum absolute atomic E-state index is 0.00900. The maximum atomic E-state index is 13.2. The van der Waals surface area contributed by atoms with Crippen molar-refractivity contribution in [3.05, 3.63) is 46.6 Å². The number of nitrogens with zero attached hydrogens (tertiary/aromatic N) is 4. The summed E-state index contributed by atoms with van der Waals surface area (Å²) in [6, 6.07) is 7.33. The zero-order valence-corrected chi connectivity index (χ0v) is 20.3. The minimum atomic E-state index is -0.180. The molecule has 1 saturated carbocycles. The zero-order valence-electron chi connectivity index (χ0n) is 20.3. The molecule has 2 heterocycles. The number of carbonyl (C=O) groups excluding carboxylic acids is 1. The molecule has 0 bridgehead atoms. The Kier molecular flexibility index (Phi) is 6.74. The molecular formula is C25H33N5O4. The monoisotopic (exact) mass is 467 g/mol. The maximum Gasteiger partial charge on any atom is 0.242 e. The number of aromatic nitrogens is 4. The van der Waals surface area contributed by atoms with E-state index in [1.807, 2.05) is 25.1 Å². The van der Waals surface area contributed by atoms with E-state index in [0.717, 1.165) is 11.1 Å². The SMILES string of the molecule is Cc1cc(OCC2CC2)nn2c(=N)n(CC(=O)c3cc(OCCCO)cc(C(C)(C)C)c3)nc12. The van der Waals surface area contributed by atoms with Gasteiger partial charge in [0.25, 0.3) is 0 Å². The molecule has 3 aromatic rings. The Labute approximate surface area is 198 Å². The van der Waals surface area contributed by atoms with Crippen LogP contribution in [-0.4, -0.2) is 50.1 Å². The number of aliphatic hydroxyl groups excluding tert-OH is 1. The Hall–Kier alpha value is -3.20. The summed E-state index contributed by atoms with van der Waals surface area (Å²) in [4.78, 5) is 13.2. The van der Waals surface area contributed by atoms with Crippen molar-refractivity contribution >= 4 is 11.4 Å². The molecule has 2 N–H and O–H groups in total. The van der Waals surface area contributed by atoms with Crippen LogP contribution in [0.15, 0.2) is 24.3 Å². The van der Waals surface area contributed by atoms with Crippen molar-refractivity contribution in [2.45, 2.75) is 58.9 Å². The second-order valence-corrected chi connectivity index (χ2v) is 9.98. The lowest BCUT2D eigenvalue weighted by atomic mass is 9.85. The number of nitrogens with one attached hydrogen (secondary N) is 1. The van der Waals surface area contributed by atoms with Crippen LogP contribution in [0, 0.1) is 18.3 Å². The summed E-state index contributed by atoms with van der Waals surface area (Å²) in [5.74, 6) is 1.47. The van der Waals surface area contributed by atoms with Crippen molar-refractivity contribution < 1.29 is 19.4 Å². The Bertz CT molecular complexity index is 1250. The summed E-state index contributed by atoms with van der Waals surface area (Å²) < 4.78 is 14.3. The molecule has 0 atom stereocenters. The summed E-state index contributed by atoms with van der Waals surface area (Å²) in [6.07, 6.45) is 2.88. The van der Waals surface area contributed by atoms with Crippen molar-refractivity contribution in [1.29, 1.82) is 5.41 Å². The molecule has 4 rings (SSSR count). The number of ketones is 1. The summed E-state index contributed by atoms with van der Waals surface area (Å²) in [6.45, 7) is 9.06. The van der Waals surface area contributed by atoms with Crippen LogP contribution in [0.1, 0.15) is 61.5 Å². The molecule has 0 aliphatic heterocycles. The smallest absolute Gasteiger partial charge is 0.242 e. The molecule has 1 aliphatic carbocycles. The van der Waals surface area contributed by atoms with E-state index in [0.29, 0.717) is 48.4 Å². The molecule has 0 radical (unpaired) electrons. The Morgan fingerprint density at radius 2 is 1.94 bits per heavy atom. The topological polar surface area (TPSA) is 115 Å². The largest absolute Gasteiger partial charge is 0.493 e. The molecule has 34 heavy (non-hydrogen) atoms. The predicted molar refractivity (Wildman–Crippen MR) is 126 cm³/mol. The van der Waals surface area contributed by atoms with Crippen LogP contribution < -0.4 is 15.1 Å². The van der Waals surface area contributed by atoms with E-state index in [9.17, 15) is 4.79 Å². The molecule has 0 unspecified atom stereocenters. The van der Waals surface area contributed by atoms with Crippen LogP contribution in [0.2, 0.25) is 0 Å². The number of Topliss-reactive ketones (excluding diaryl/α,β-unsaturated/α-hetero) is 1. The lowest BCUT2D eigenvalue weighted by Gasteiger charge is -2.21. The molecule has 1 aromatic carbocycles. The van der Waals surface area contributed by atoms with Gasteiger partial charge in [0, 0.05) is 30.2 Å². The number of carbonyl (C=O) groups is 1. The highest BCUT2D eigenvalue weighted by Gasteiger charge is 2.23. The molecule has 0 amide bonds. The molecule has 182 valence electrons. The van der Waals surface area contributed by atoms with Crippen LogP contribution in [0.4, 0.5) is 0 Å². The van der Waals surface area contributed by atoms with Gasteiger partial charge < -0.3 is 14.6 Å². The van der Waals surface area contributed by atoms with Gasteiger partial charge in [0.05, 0.1) is 13.2 Å². The van der Waals surface area contributed by atoms with Gasteiger partial charge in [0.1, 0.15) is 12.3 Å². The van der Waals surface area contributed by atoms with Gasteiger partial charge in [-0.1, -0.05) is 20.8 Å². The molecule has 0 saturated heterocycles. The lowest BCUT2D eigenvalue weighted by molar-refractivity contribution is 0.0964. The van der Waals surface area contributed by atoms with Gasteiger partial charge in [-0.25, -0.2) is 4.68 Å². The highest BCUT2D eigenvalue weighted by atomic mass is 16.5. The standard InChI is InChI=1S/C25H33N5O4/c1-16-10-22(34-15-17-6-7-17)27-30-23(16)28-29(24(30)26)14-21(32)18-11-19(25(2,3)4)13-20(12-18)33-9-5-8-31/h10-13,17,26,31H,5-9,14-15H2,1-4H3. The Morgan fingerprint density at radius 3 is 2.62 bits per heavy atom. The molecule has 1 fully saturated rings. The third kappa shape index (κ3) is 5.47. The minimum Gasteiger partial charge on any atom is -0.493 e. The van der Waals surface area contributed by atoms with E-state index in [1.165, 1.54) is 22.0 Å². The Morgan fingerprint density at radius 1 is 1.18 bits per heavy atom. The lowest BCUT2D eigenvalue weighted by Crippen LogP contribution is -2.26. The summed E-state index contributed by atoms with van der Waals surface area (Å²) in [7, 11) is 0. The molecule has 2 aromatic heterocycles. The third-order valence-corrected chi connectivity index (χ3v) is 5.88. The van der Waals surface area contributed by atoms with Crippen molar-refractivity contribution in [3.63, 3.8) is 0 Å². The quantitative estimate of drug-likeness (QED) is 0.350. The van der Waals surface area contributed by atoms with E-state index in [4.69, 9.17) is 20.0 Å². The second kappa shape index (κ2) is 9.58. The fourth-order valence-electron chi connectivity index (χ4n) is 3.56. The fourth-order valence-corrected chi connectivity index (χ4v) is 3.56. The van der Waals surface area contributed by atoms with Gasteiger partial charge in [-0.05, 0) is 54.9 Å². The Balaban J connectivity index is 1.60. The van der Waals surface area contributed by atoms with Gasteiger partial charge in [-0.2, -0.15) is 4.52 Å². The van der Waals surface area contributed by atoms with Gasteiger partial charge in [0.15, 0.2) is 11.4 Å². The first-order valence-electron chi connectivity index (χ1n) is 11.7. The van der Waals surface area contributed by atoms with Gasteiger partial charge in [0.2, 0.25) is 11.5 Å². The van der Waals surface area contributed by atoms with Crippen LogP contribution in [0.5, 0.6) is 11.6 Å². The zero-order chi connectivity index (χ0) is 24.5. The summed E-state index contributed by atoms with van der Waals surface area (Å²) in [5, 5.41) is 26.5. The number of ether oxygens (including phenoxy) is 2. The van der Waals surface area contributed by atoms with Crippen LogP contribution in [-0.2, 0) is 12.0 Å². The first-order chi connectivity index (χ1) is 16.2. The molecule has 1 aliphatic rings. The number of benzene rings is 1. The van der Waals surface area contributed by atoms with E-state index < -0.39 is 0 Å². The molecular weight excluding hydrogens is 434 g/mol. The summed E-state index contributed by atoms with van der Waals surface area (Å²) >= 11 is 0. The molecule has 0 spiro atoms. The third-order valence-electron chi connectivity index (χ3n) is 5.88. The maximum absolute atomic E-state index is 13.2. The molecule has 9 nitrogen and oxygen atoms in total. The first kappa shape index (κ1) is 23.9. The van der Waals surface area contributed by atoms with Crippen LogP contribution >= 0.6 is 0 Å². The van der Waals surface area contributed by atoms with Crippen LogP contribution in [0.25, 0.3) is 5.65 Å². The van der Waals surface area contributed by atoms with Crippen LogP contribution in [0.3, 0.4) is 0 Å². The van der Waals surface area contributed by atoms with E-state index in [1.54, 1.807) is 6.07 Å². The van der Waals surface area contributed by atoms with Crippen molar-refractivity contribution in [2.24, 2.45) is 5.92 Å². The average Bonchev–Trinajstić information content (AvgIpc) is 3.56. The summed E-state index contributed by atoms with van der Waals surface area (Å²) in [5.41, 5.74) is 2.64. The van der Waals surface area contributed by atoms with E-state index in [2.05, 4.69) is 31.0 Å². The normalized spacial score (nSPS) is 13.9. The number of rotatable bonds is 10. The fraction of sp³-hybridized carbons (Fsp3) is 0.520. The van der Waals surface area contributed by atoms with Crippen molar-refractivity contribution in [3.8, 4) is 11.6 Å². The first-order valence-corrected chi connectivity index (χ1v) is 11.7. The number of hydrogen-bond donors (Lipinski definition) is 2. The number of aliphatic hydroxyl groups is 1. The van der Waals surface area contributed by atoms with E-state index in [-0.39, 0.29) is 30.0 Å². The van der Waals surface area contributed by atoms with E-state index >= 15 is 0 Å². The van der Waals surface area contributed by atoms with Crippen molar-refractivity contribution in [2.75, 3.05) is 19.8 Å².